The van der Waals surface area contributed by atoms with Gasteiger partial charge in [-0.2, -0.15) is 0 Å². The molecule has 1 aliphatic rings. The quantitative estimate of drug-likeness (QED) is 0.884. The largest absolute Gasteiger partial charge is 0.397 e. The molecule has 0 aliphatic carbocycles. The average molecular weight is 380 g/mol. The summed E-state index contributed by atoms with van der Waals surface area (Å²) in [6.45, 7) is 6.17. The maximum Gasteiger partial charge on any atom is 0.217 e. The van der Waals surface area contributed by atoms with E-state index >= 15 is 0 Å². The minimum atomic E-state index is -0.301. The molecule has 0 amide bonds. The van der Waals surface area contributed by atoms with E-state index in [4.69, 9.17) is 5.73 Å². The molecule has 0 radical (unpaired) electrons. The fraction of sp³-hybridized carbons (Fsp3) is 0.375. The van der Waals surface area contributed by atoms with Crippen molar-refractivity contribution in [1.29, 1.82) is 0 Å². The van der Waals surface area contributed by atoms with E-state index in [1.165, 1.54) is 6.07 Å². The first-order chi connectivity index (χ1) is 11.0. The van der Waals surface area contributed by atoms with Crippen molar-refractivity contribution in [3.63, 3.8) is 0 Å². The van der Waals surface area contributed by atoms with Crippen LogP contribution in [0, 0.1) is 5.82 Å². The number of aromatic nitrogens is 3. The normalized spacial score (nSPS) is 13.9. The summed E-state index contributed by atoms with van der Waals surface area (Å²) in [6.07, 6.45) is 2.94. The van der Waals surface area contributed by atoms with E-state index in [1.54, 1.807) is 10.7 Å². The van der Waals surface area contributed by atoms with Gasteiger partial charge in [-0.05, 0) is 47.0 Å². The minimum absolute atomic E-state index is 0.301. The van der Waals surface area contributed by atoms with E-state index in [0.29, 0.717) is 34.9 Å². The van der Waals surface area contributed by atoms with Crippen LogP contribution in [0.5, 0.6) is 0 Å². The Kier molecular flexibility index (Phi) is 4.39. The Bertz CT molecular complexity index is 768. The van der Waals surface area contributed by atoms with Crippen molar-refractivity contribution in [3.8, 4) is 11.4 Å². The number of halogens is 2. The van der Waals surface area contributed by atoms with Crippen molar-refractivity contribution >= 4 is 21.6 Å². The van der Waals surface area contributed by atoms with Crippen molar-refractivity contribution in [2.75, 3.05) is 6.54 Å². The summed E-state index contributed by atoms with van der Waals surface area (Å²) in [5.74, 6) is 0.226. The van der Waals surface area contributed by atoms with Gasteiger partial charge in [-0.15, -0.1) is 5.10 Å². The zero-order chi connectivity index (χ0) is 16.6. The van der Waals surface area contributed by atoms with Crippen LogP contribution in [-0.2, 0) is 13.1 Å². The van der Waals surface area contributed by atoms with Gasteiger partial charge in [-0.25, -0.2) is 14.1 Å². The molecule has 1 aromatic heterocycles. The molecule has 2 aromatic rings. The molecule has 0 fully saturated rings. The molecule has 0 saturated heterocycles. The SMILES string of the molecule is CCCN1C=C(N)c2ccc(F)c(-c3nc(Br)nn3CC)c2C1. The number of fused-ring (bicyclic) bond motifs is 1. The van der Waals surface area contributed by atoms with E-state index < -0.39 is 0 Å². The van der Waals surface area contributed by atoms with Gasteiger partial charge in [0.15, 0.2) is 5.82 Å². The number of hydrogen-bond acceptors (Lipinski definition) is 4. The molecular weight excluding hydrogens is 361 g/mol. The molecule has 1 aliphatic heterocycles. The van der Waals surface area contributed by atoms with Gasteiger partial charge in [0.2, 0.25) is 4.73 Å². The molecule has 122 valence electrons. The van der Waals surface area contributed by atoms with Crippen LogP contribution in [0.4, 0.5) is 4.39 Å². The summed E-state index contributed by atoms with van der Waals surface area (Å²) >= 11 is 3.28. The predicted octanol–water partition coefficient (Wildman–Crippen LogP) is 3.35. The molecule has 0 saturated carbocycles. The minimum Gasteiger partial charge on any atom is -0.397 e. The third-order valence-electron chi connectivity index (χ3n) is 3.94. The van der Waals surface area contributed by atoms with Crippen LogP contribution in [0.3, 0.4) is 0 Å². The number of hydrogen-bond donors (Lipinski definition) is 1. The Hall–Kier alpha value is -1.89. The Morgan fingerprint density at radius 1 is 1.35 bits per heavy atom. The van der Waals surface area contributed by atoms with Crippen molar-refractivity contribution < 1.29 is 4.39 Å². The second kappa shape index (κ2) is 6.31. The van der Waals surface area contributed by atoms with E-state index in [0.717, 1.165) is 24.1 Å². The molecule has 2 N–H and O–H groups in total. The van der Waals surface area contributed by atoms with Gasteiger partial charge in [0.25, 0.3) is 0 Å². The van der Waals surface area contributed by atoms with Crippen LogP contribution in [0.1, 0.15) is 31.4 Å². The number of nitrogens with zero attached hydrogens (tertiary/aromatic N) is 4. The Labute approximate surface area is 143 Å². The molecule has 0 spiro atoms. The Morgan fingerprint density at radius 2 is 2.13 bits per heavy atom. The Balaban J connectivity index is 2.19. The first-order valence-electron chi connectivity index (χ1n) is 7.69. The van der Waals surface area contributed by atoms with E-state index in [-0.39, 0.29) is 5.82 Å². The van der Waals surface area contributed by atoms with E-state index in [2.05, 4.69) is 37.8 Å². The van der Waals surface area contributed by atoms with Crippen LogP contribution in [0.2, 0.25) is 0 Å². The van der Waals surface area contributed by atoms with Crippen LogP contribution in [0.15, 0.2) is 23.1 Å². The maximum absolute atomic E-state index is 14.7. The molecule has 1 aromatic carbocycles. The van der Waals surface area contributed by atoms with Gasteiger partial charge in [0, 0.05) is 31.4 Å². The average Bonchev–Trinajstić information content (AvgIpc) is 2.88. The summed E-state index contributed by atoms with van der Waals surface area (Å²) in [4.78, 5) is 6.48. The van der Waals surface area contributed by atoms with Crippen molar-refractivity contribution in [2.24, 2.45) is 5.73 Å². The van der Waals surface area contributed by atoms with Crippen molar-refractivity contribution in [1.82, 2.24) is 19.7 Å². The first kappa shape index (κ1) is 16.0. The molecule has 3 rings (SSSR count). The smallest absolute Gasteiger partial charge is 0.217 e. The van der Waals surface area contributed by atoms with E-state index in [1.807, 2.05) is 13.1 Å². The van der Waals surface area contributed by atoms with Crippen molar-refractivity contribution in [3.05, 3.63) is 40.0 Å². The lowest BCUT2D eigenvalue weighted by Crippen LogP contribution is -2.25. The van der Waals surface area contributed by atoms with Crippen molar-refractivity contribution in [2.45, 2.75) is 33.4 Å². The highest BCUT2D eigenvalue weighted by Gasteiger charge is 2.25. The molecule has 7 heteroatoms. The standard InChI is InChI=1S/C16H19BrFN5/c1-3-7-22-8-11-10(13(19)9-22)5-6-12(18)14(11)15-20-16(17)21-23(15)4-2/h5-6,9H,3-4,7-8,19H2,1-2H3. The number of aryl methyl sites for hydroxylation is 1. The molecule has 0 bridgehead atoms. The van der Waals surface area contributed by atoms with Crippen LogP contribution >= 0.6 is 15.9 Å². The number of nitrogens with two attached hydrogens (primary N) is 1. The first-order valence-corrected chi connectivity index (χ1v) is 8.48. The van der Waals surface area contributed by atoms with Gasteiger partial charge >= 0.3 is 0 Å². The highest BCUT2D eigenvalue weighted by molar-refractivity contribution is 9.10. The molecule has 0 unspecified atom stereocenters. The zero-order valence-corrected chi connectivity index (χ0v) is 14.8. The van der Waals surface area contributed by atoms with Gasteiger partial charge in [-0.3, -0.25) is 0 Å². The van der Waals surface area contributed by atoms with Crippen LogP contribution in [0.25, 0.3) is 17.1 Å². The molecule has 5 nitrogen and oxygen atoms in total. The lowest BCUT2D eigenvalue weighted by Gasteiger charge is -2.29. The fourth-order valence-corrected chi connectivity index (χ4v) is 3.32. The summed E-state index contributed by atoms with van der Waals surface area (Å²) in [5, 5.41) is 4.27. The van der Waals surface area contributed by atoms with Gasteiger partial charge < -0.3 is 10.6 Å². The summed E-state index contributed by atoms with van der Waals surface area (Å²) < 4.78 is 16.8. The third-order valence-corrected chi connectivity index (χ3v) is 4.27. The maximum atomic E-state index is 14.7. The summed E-state index contributed by atoms with van der Waals surface area (Å²) in [6, 6.07) is 3.19. The summed E-state index contributed by atoms with van der Waals surface area (Å²) in [5.41, 5.74) is 9.07. The second-order valence-electron chi connectivity index (χ2n) is 5.52. The Morgan fingerprint density at radius 3 is 2.83 bits per heavy atom. The zero-order valence-electron chi connectivity index (χ0n) is 13.2. The van der Waals surface area contributed by atoms with Gasteiger partial charge in [-0.1, -0.05) is 6.92 Å². The highest BCUT2D eigenvalue weighted by Crippen LogP contribution is 2.34. The van der Waals surface area contributed by atoms with Crippen LogP contribution < -0.4 is 5.73 Å². The van der Waals surface area contributed by atoms with Crippen LogP contribution in [-0.4, -0.2) is 26.2 Å². The molecular formula is C16H19BrFN5. The lowest BCUT2D eigenvalue weighted by atomic mass is 9.95. The lowest BCUT2D eigenvalue weighted by molar-refractivity contribution is 0.364. The fourth-order valence-electron chi connectivity index (χ4n) is 2.96. The monoisotopic (exact) mass is 379 g/mol. The number of benzene rings is 1. The van der Waals surface area contributed by atoms with Gasteiger partial charge in [0.05, 0.1) is 11.3 Å². The number of rotatable bonds is 4. The molecule has 23 heavy (non-hydrogen) atoms. The summed E-state index contributed by atoms with van der Waals surface area (Å²) in [7, 11) is 0. The second-order valence-corrected chi connectivity index (χ2v) is 6.23. The topological polar surface area (TPSA) is 60.0 Å². The molecule has 2 heterocycles. The molecule has 0 atom stereocenters. The third kappa shape index (κ3) is 2.85. The van der Waals surface area contributed by atoms with E-state index in [9.17, 15) is 4.39 Å². The highest BCUT2D eigenvalue weighted by atomic mass is 79.9. The predicted molar refractivity (Wildman–Crippen MR) is 91.7 cm³/mol. The van der Waals surface area contributed by atoms with Gasteiger partial charge in [0.1, 0.15) is 5.82 Å².